The van der Waals surface area contributed by atoms with Crippen molar-refractivity contribution in [3.05, 3.63) is 54.4 Å². The van der Waals surface area contributed by atoms with Gasteiger partial charge in [0.25, 0.3) is 0 Å². The molecule has 1 aromatic carbocycles. The summed E-state index contributed by atoms with van der Waals surface area (Å²) < 4.78 is 5.27. The zero-order chi connectivity index (χ0) is 24.2. The highest BCUT2D eigenvalue weighted by molar-refractivity contribution is 6.12. The number of rotatable bonds is 4. The Morgan fingerprint density at radius 1 is 1.03 bits per heavy atom. The zero-order valence-electron chi connectivity index (χ0n) is 19.8. The van der Waals surface area contributed by atoms with E-state index in [4.69, 9.17) is 9.72 Å². The molecular weight excluding hydrogens is 432 g/mol. The standard InChI is InChI=1S/C25H26N6O3/c1-14(2)20-13-34-24(33)31(20)22-12-26-11-21(29-22)30-19-8-16(17-9-27-15(3)28-10-17)6-7-18(19)25(4,5)23(30)32/h6-12,14,20H,13H2,1-5H3. The van der Waals surface area contributed by atoms with E-state index in [-0.39, 0.29) is 17.9 Å². The van der Waals surface area contributed by atoms with E-state index in [0.717, 1.165) is 22.4 Å². The average molecular weight is 459 g/mol. The lowest BCUT2D eigenvalue weighted by molar-refractivity contribution is -0.121. The molecule has 2 aromatic heterocycles. The second-order valence-electron chi connectivity index (χ2n) is 9.51. The lowest BCUT2D eigenvalue weighted by atomic mass is 9.85. The number of aryl methyl sites for hydroxylation is 1. The normalized spacial score (nSPS) is 19.1. The van der Waals surface area contributed by atoms with E-state index in [1.54, 1.807) is 23.5 Å². The molecule has 1 fully saturated rings. The maximum Gasteiger partial charge on any atom is 0.415 e. The highest BCUT2D eigenvalue weighted by Gasteiger charge is 2.46. The maximum absolute atomic E-state index is 13.6. The van der Waals surface area contributed by atoms with Crippen molar-refractivity contribution in [3.8, 4) is 11.1 Å². The number of amides is 2. The summed E-state index contributed by atoms with van der Waals surface area (Å²) in [5, 5.41) is 0. The fourth-order valence-corrected chi connectivity index (χ4v) is 4.46. The molecule has 0 aliphatic carbocycles. The summed E-state index contributed by atoms with van der Waals surface area (Å²) in [6.07, 6.45) is 6.14. The van der Waals surface area contributed by atoms with Crippen LogP contribution in [-0.4, -0.2) is 44.6 Å². The van der Waals surface area contributed by atoms with Crippen molar-refractivity contribution >= 4 is 29.3 Å². The van der Waals surface area contributed by atoms with Crippen molar-refractivity contribution < 1.29 is 14.3 Å². The van der Waals surface area contributed by atoms with Crippen LogP contribution in [0.5, 0.6) is 0 Å². The number of cyclic esters (lactones) is 1. The molecule has 0 N–H and O–H groups in total. The van der Waals surface area contributed by atoms with Crippen LogP contribution in [0.2, 0.25) is 0 Å². The SMILES string of the molecule is Cc1ncc(-c2ccc3c(c2)N(c2cncc(N4C(=O)OCC4C(C)C)n2)C(=O)C3(C)C)cn1. The van der Waals surface area contributed by atoms with Crippen molar-refractivity contribution in [2.75, 3.05) is 16.4 Å². The third-order valence-corrected chi connectivity index (χ3v) is 6.52. The molecule has 0 spiro atoms. The van der Waals surface area contributed by atoms with Gasteiger partial charge in [-0.3, -0.25) is 19.6 Å². The van der Waals surface area contributed by atoms with Crippen LogP contribution in [0, 0.1) is 12.8 Å². The van der Waals surface area contributed by atoms with Crippen LogP contribution in [0.4, 0.5) is 22.1 Å². The lowest BCUT2D eigenvalue weighted by Gasteiger charge is -2.25. The molecule has 2 amide bonds. The number of nitrogens with zero attached hydrogens (tertiary/aromatic N) is 6. The number of benzene rings is 1. The molecule has 3 aromatic rings. The van der Waals surface area contributed by atoms with Gasteiger partial charge in [0.05, 0.1) is 29.5 Å². The van der Waals surface area contributed by atoms with E-state index < -0.39 is 11.5 Å². The molecule has 9 nitrogen and oxygen atoms in total. The molecule has 0 radical (unpaired) electrons. The predicted octanol–water partition coefficient (Wildman–Crippen LogP) is 4.18. The van der Waals surface area contributed by atoms with E-state index in [0.29, 0.717) is 24.1 Å². The second kappa shape index (κ2) is 7.86. The Hall–Kier alpha value is -3.88. The number of anilines is 3. The Labute approximate surface area is 197 Å². The van der Waals surface area contributed by atoms with Crippen molar-refractivity contribution in [3.63, 3.8) is 0 Å². The lowest BCUT2D eigenvalue weighted by Crippen LogP contribution is -2.38. The van der Waals surface area contributed by atoms with Crippen molar-refractivity contribution in [1.82, 2.24) is 19.9 Å². The molecule has 1 saturated heterocycles. The van der Waals surface area contributed by atoms with Crippen LogP contribution < -0.4 is 9.80 Å². The second-order valence-corrected chi connectivity index (χ2v) is 9.51. The Balaban J connectivity index is 1.60. The molecule has 1 unspecified atom stereocenters. The van der Waals surface area contributed by atoms with Gasteiger partial charge in [-0.15, -0.1) is 0 Å². The molecule has 9 heteroatoms. The molecule has 5 rings (SSSR count). The smallest absolute Gasteiger partial charge is 0.415 e. The van der Waals surface area contributed by atoms with Gasteiger partial charge in [-0.05, 0) is 43.9 Å². The Bertz CT molecular complexity index is 1290. The number of carbonyl (C=O) groups excluding carboxylic acids is 2. The number of carbonyl (C=O) groups is 2. The fourth-order valence-electron chi connectivity index (χ4n) is 4.46. The predicted molar refractivity (Wildman–Crippen MR) is 127 cm³/mol. The Kier molecular flexibility index (Phi) is 5.07. The van der Waals surface area contributed by atoms with Gasteiger partial charge >= 0.3 is 6.09 Å². The third-order valence-electron chi connectivity index (χ3n) is 6.52. The molecule has 4 heterocycles. The maximum atomic E-state index is 13.6. The van der Waals surface area contributed by atoms with Gasteiger partial charge in [-0.2, -0.15) is 0 Å². The van der Waals surface area contributed by atoms with Crippen molar-refractivity contribution in [2.45, 2.75) is 46.1 Å². The van der Waals surface area contributed by atoms with Gasteiger partial charge in [0.1, 0.15) is 12.4 Å². The average Bonchev–Trinajstić information content (AvgIpc) is 3.29. The molecular formula is C25H26N6O3. The topological polar surface area (TPSA) is 101 Å². The van der Waals surface area contributed by atoms with E-state index in [1.807, 2.05) is 52.8 Å². The zero-order valence-corrected chi connectivity index (χ0v) is 19.8. The largest absolute Gasteiger partial charge is 0.447 e. The summed E-state index contributed by atoms with van der Waals surface area (Å²) in [5.74, 6) is 1.46. The summed E-state index contributed by atoms with van der Waals surface area (Å²) in [4.78, 5) is 46.7. The number of hydrogen-bond acceptors (Lipinski definition) is 7. The number of hydrogen-bond donors (Lipinski definition) is 0. The Morgan fingerprint density at radius 2 is 1.74 bits per heavy atom. The van der Waals surface area contributed by atoms with Gasteiger partial charge < -0.3 is 4.74 Å². The van der Waals surface area contributed by atoms with Crippen LogP contribution in [-0.2, 0) is 14.9 Å². The third kappa shape index (κ3) is 3.39. The molecule has 34 heavy (non-hydrogen) atoms. The summed E-state index contributed by atoms with van der Waals surface area (Å²) in [6.45, 7) is 9.97. The van der Waals surface area contributed by atoms with Crippen LogP contribution in [0.25, 0.3) is 11.1 Å². The molecule has 0 bridgehead atoms. The van der Waals surface area contributed by atoms with Gasteiger partial charge in [0.2, 0.25) is 5.91 Å². The fraction of sp³-hybridized carbons (Fsp3) is 0.360. The van der Waals surface area contributed by atoms with Crippen LogP contribution in [0.1, 0.15) is 39.1 Å². The number of fused-ring (bicyclic) bond motifs is 1. The van der Waals surface area contributed by atoms with Crippen LogP contribution in [0.3, 0.4) is 0 Å². The van der Waals surface area contributed by atoms with E-state index in [1.165, 1.54) is 11.1 Å². The highest BCUT2D eigenvalue weighted by Crippen LogP contribution is 2.46. The summed E-state index contributed by atoms with van der Waals surface area (Å²) in [6, 6.07) is 5.74. The van der Waals surface area contributed by atoms with Gasteiger partial charge in [-0.25, -0.2) is 19.7 Å². The summed E-state index contributed by atoms with van der Waals surface area (Å²) >= 11 is 0. The minimum atomic E-state index is -0.748. The van der Waals surface area contributed by atoms with Crippen LogP contribution >= 0.6 is 0 Å². The number of aromatic nitrogens is 4. The molecule has 2 aliphatic heterocycles. The molecule has 2 aliphatic rings. The van der Waals surface area contributed by atoms with Gasteiger partial charge in [0, 0.05) is 18.0 Å². The van der Waals surface area contributed by atoms with E-state index in [9.17, 15) is 9.59 Å². The monoisotopic (exact) mass is 458 g/mol. The van der Waals surface area contributed by atoms with Crippen molar-refractivity contribution in [2.24, 2.45) is 5.92 Å². The van der Waals surface area contributed by atoms with E-state index >= 15 is 0 Å². The minimum absolute atomic E-state index is 0.115. The molecule has 0 saturated carbocycles. The first-order valence-electron chi connectivity index (χ1n) is 11.2. The first-order valence-corrected chi connectivity index (χ1v) is 11.2. The first kappa shape index (κ1) is 21.9. The highest BCUT2D eigenvalue weighted by atomic mass is 16.6. The van der Waals surface area contributed by atoms with Crippen LogP contribution in [0.15, 0.2) is 43.0 Å². The van der Waals surface area contributed by atoms with Gasteiger partial charge in [-0.1, -0.05) is 26.0 Å². The number of ether oxygens (including phenoxy) is 1. The first-order chi connectivity index (χ1) is 16.2. The summed E-state index contributed by atoms with van der Waals surface area (Å²) in [5.41, 5.74) is 2.61. The van der Waals surface area contributed by atoms with E-state index in [2.05, 4.69) is 15.0 Å². The minimum Gasteiger partial charge on any atom is -0.447 e. The summed E-state index contributed by atoms with van der Waals surface area (Å²) in [7, 11) is 0. The molecule has 1 atom stereocenters. The quantitative estimate of drug-likeness (QED) is 0.578. The van der Waals surface area contributed by atoms with Crippen molar-refractivity contribution in [1.29, 1.82) is 0 Å². The van der Waals surface area contributed by atoms with Gasteiger partial charge in [0.15, 0.2) is 11.6 Å². The molecule has 174 valence electrons. The Morgan fingerprint density at radius 3 is 2.44 bits per heavy atom.